The minimum absolute atomic E-state index is 0.0289. The number of aromatic nitrogens is 3. The molecule has 45 heavy (non-hydrogen) atoms. The Labute approximate surface area is 264 Å². The molecule has 2 fully saturated rings. The number of anilines is 2. The van der Waals surface area contributed by atoms with Crippen molar-refractivity contribution in [3.63, 3.8) is 0 Å². The van der Waals surface area contributed by atoms with Gasteiger partial charge in [0.25, 0.3) is 6.43 Å². The molecule has 0 aliphatic heterocycles. The minimum atomic E-state index is -2.59. The number of esters is 1. The van der Waals surface area contributed by atoms with Crippen molar-refractivity contribution in [1.82, 2.24) is 15.0 Å². The summed E-state index contributed by atoms with van der Waals surface area (Å²) in [6.07, 6.45) is 9.44. The molecule has 0 bridgehead atoms. The third-order valence-corrected chi connectivity index (χ3v) is 9.80. The van der Waals surface area contributed by atoms with Gasteiger partial charge in [-0.1, -0.05) is 6.42 Å². The fourth-order valence-corrected chi connectivity index (χ4v) is 6.84. The molecule has 3 aromatic rings. The predicted molar refractivity (Wildman–Crippen MR) is 170 cm³/mol. The summed E-state index contributed by atoms with van der Waals surface area (Å²) in [5.74, 6) is 0.480. The van der Waals surface area contributed by atoms with Crippen molar-refractivity contribution >= 4 is 17.6 Å². The fourth-order valence-electron chi connectivity index (χ4n) is 6.84. The Balaban J connectivity index is 1.18. The van der Waals surface area contributed by atoms with E-state index in [9.17, 15) is 18.7 Å². The average molecular weight is 623 g/mol. The first-order chi connectivity index (χ1) is 21.4. The summed E-state index contributed by atoms with van der Waals surface area (Å²) in [4.78, 5) is 26.4. The van der Waals surface area contributed by atoms with Gasteiger partial charge in [-0.05, 0) is 113 Å². The fraction of sp³-hybridized carbons (Fsp3) is 0.543. The van der Waals surface area contributed by atoms with Gasteiger partial charge in [0, 0.05) is 23.5 Å². The second kappa shape index (κ2) is 13.9. The van der Waals surface area contributed by atoms with E-state index in [0.29, 0.717) is 55.7 Å². The quantitative estimate of drug-likeness (QED) is 0.138. The number of carbonyl (C=O) groups is 1. The highest BCUT2D eigenvalue weighted by atomic mass is 19.3. The van der Waals surface area contributed by atoms with Crippen molar-refractivity contribution in [2.75, 3.05) is 26.1 Å². The minimum Gasteiger partial charge on any atom is -0.415 e. The van der Waals surface area contributed by atoms with Crippen LogP contribution in [0.2, 0.25) is 0 Å². The number of hydrogen-bond donors (Lipinski definition) is 2. The van der Waals surface area contributed by atoms with Crippen LogP contribution in [0.1, 0.15) is 88.0 Å². The number of aryl methyl sites for hydroxylation is 1. The molecule has 2 aliphatic rings. The van der Waals surface area contributed by atoms with E-state index in [4.69, 9.17) is 4.74 Å². The smallest absolute Gasteiger partial charge is 0.313 e. The number of hydrogen-bond acceptors (Lipinski definition) is 7. The average Bonchev–Trinajstić information content (AvgIpc) is 3.04. The van der Waals surface area contributed by atoms with Crippen LogP contribution in [0.4, 0.5) is 20.4 Å². The van der Waals surface area contributed by atoms with Crippen LogP contribution in [0.25, 0.3) is 11.3 Å². The number of ether oxygens (including phenoxy) is 1. The summed E-state index contributed by atoms with van der Waals surface area (Å²) in [5.41, 5.74) is 1.65. The molecule has 5 rings (SSSR count). The van der Waals surface area contributed by atoms with Crippen LogP contribution in [0.15, 0.2) is 48.8 Å². The second-order valence-electron chi connectivity index (χ2n) is 13.6. The molecule has 2 N–H and O–H groups in total. The molecule has 3 heterocycles. The van der Waals surface area contributed by atoms with E-state index in [1.54, 1.807) is 13.1 Å². The lowest BCUT2D eigenvalue weighted by Gasteiger charge is -2.40. The van der Waals surface area contributed by atoms with Crippen molar-refractivity contribution in [3.8, 4) is 11.3 Å². The van der Waals surface area contributed by atoms with E-state index in [2.05, 4.69) is 34.4 Å². The summed E-state index contributed by atoms with van der Waals surface area (Å²) in [5, 5.41) is 14.6. The summed E-state index contributed by atoms with van der Waals surface area (Å²) in [6, 6.07) is 10.6. The van der Waals surface area contributed by atoms with Crippen LogP contribution in [0, 0.1) is 18.8 Å². The van der Waals surface area contributed by atoms with Crippen molar-refractivity contribution in [1.29, 1.82) is 0 Å². The Morgan fingerprint density at radius 2 is 1.76 bits per heavy atom. The maximum absolute atomic E-state index is 13.1. The van der Waals surface area contributed by atoms with Gasteiger partial charge in [-0.15, -0.1) is 0 Å². The molecule has 10 heteroatoms. The molecule has 8 nitrogen and oxygen atoms in total. The van der Waals surface area contributed by atoms with E-state index in [-0.39, 0.29) is 29.2 Å². The van der Waals surface area contributed by atoms with Gasteiger partial charge in [0.15, 0.2) is 0 Å². The van der Waals surface area contributed by atoms with Gasteiger partial charge in [-0.25, -0.2) is 18.7 Å². The maximum Gasteiger partial charge on any atom is 0.313 e. The van der Waals surface area contributed by atoms with Gasteiger partial charge in [0.1, 0.15) is 17.2 Å². The molecule has 1 atom stereocenters. The summed E-state index contributed by atoms with van der Waals surface area (Å²) in [6.45, 7) is 4.14. The number of rotatable bonds is 10. The summed E-state index contributed by atoms with van der Waals surface area (Å²) >= 11 is 0. The third kappa shape index (κ3) is 8.02. The van der Waals surface area contributed by atoms with Gasteiger partial charge in [-0.2, -0.15) is 0 Å². The Bertz CT molecular complexity index is 1450. The van der Waals surface area contributed by atoms with E-state index >= 15 is 0 Å². The van der Waals surface area contributed by atoms with Gasteiger partial charge in [0.2, 0.25) is 6.73 Å². The molecule has 0 radical (unpaired) electrons. The normalized spacial score (nSPS) is 20.9. The number of pyridine rings is 3. The Morgan fingerprint density at radius 1 is 1.02 bits per heavy atom. The van der Waals surface area contributed by atoms with Crippen LogP contribution in [0.3, 0.4) is 0 Å². The predicted octanol–water partition coefficient (Wildman–Crippen LogP) is 7.45. The molecule has 0 unspecified atom stereocenters. The first-order valence-corrected chi connectivity index (χ1v) is 16.1. The molecular formula is C35H46F2N5O3+. The van der Waals surface area contributed by atoms with Gasteiger partial charge in [-0.3, -0.25) is 14.3 Å². The Kier molecular flexibility index (Phi) is 10.1. The van der Waals surface area contributed by atoms with E-state index in [1.165, 1.54) is 50.4 Å². The standard InChI is InChI=1S/C35H46F2N5O3/c1-23-18-29(40-32(19-23)41-31-20-25(33(36)37)16-17-38-31)26-12-15-30(39-21-26)35(2,44)27-13-10-24(11-14-27)34(43)45-22-42(3,4)28-8-6-5-7-9-28/h12,15-21,24,27-28,33,44H,5-11,13-14,22H2,1-4H3,(H,38,40,41)/q+1/t24?,27?,35-/m1/s1. The lowest BCUT2D eigenvalue weighted by atomic mass is 9.73. The zero-order valence-corrected chi connectivity index (χ0v) is 26.8. The molecule has 2 saturated carbocycles. The van der Waals surface area contributed by atoms with Crippen molar-refractivity contribution in [2.24, 2.45) is 11.8 Å². The number of nitrogens with one attached hydrogen (secondary N) is 1. The number of carbonyl (C=O) groups excluding carboxylic acids is 1. The summed E-state index contributed by atoms with van der Waals surface area (Å²) < 4.78 is 32.8. The Morgan fingerprint density at radius 3 is 2.42 bits per heavy atom. The van der Waals surface area contributed by atoms with Crippen molar-refractivity contribution in [3.05, 3.63) is 65.6 Å². The molecular weight excluding hydrogens is 576 g/mol. The molecule has 242 valence electrons. The molecule has 0 saturated heterocycles. The van der Waals surface area contributed by atoms with Crippen LogP contribution in [-0.4, -0.2) is 57.4 Å². The monoisotopic (exact) mass is 622 g/mol. The highest BCUT2D eigenvalue weighted by Crippen LogP contribution is 2.41. The lowest BCUT2D eigenvalue weighted by molar-refractivity contribution is -0.932. The van der Waals surface area contributed by atoms with Crippen LogP contribution in [0.5, 0.6) is 0 Å². The van der Waals surface area contributed by atoms with E-state index < -0.39 is 12.0 Å². The topological polar surface area (TPSA) is 97.2 Å². The second-order valence-corrected chi connectivity index (χ2v) is 13.6. The van der Waals surface area contributed by atoms with Crippen LogP contribution >= 0.6 is 0 Å². The molecule has 3 aromatic heterocycles. The molecule has 0 aromatic carbocycles. The zero-order valence-electron chi connectivity index (χ0n) is 26.8. The number of alkyl halides is 2. The maximum atomic E-state index is 13.1. The van der Waals surface area contributed by atoms with Gasteiger partial charge in [0.05, 0.1) is 37.4 Å². The third-order valence-electron chi connectivity index (χ3n) is 9.80. The van der Waals surface area contributed by atoms with E-state index in [1.807, 2.05) is 31.2 Å². The zero-order chi connectivity index (χ0) is 32.2. The largest absolute Gasteiger partial charge is 0.415 e. The van der Waals surface area contributed by atoms with Crippen molar-refractivity contribution < 1.29 is 27.9 Å². The number of aliphatic hydroxyl groups is 1. The van der Waals surface area contributed by atoms with Gasteiger partial charge < -0.3 is 15.2 Å². The number of quaternary nitrogens is 1. The van der Waals surface area contributed by atoms with E-state index in [0.717, 1.165) is 15.6 Å². The Hall–Kier alpha value is -3.50. The highest BCUT2D eigenvalue weighted by Gasteiger charge is 2.40. The molecule has 2 aliphatic carbocycles. The molecule has 0 spiro atoms. The number of halogens is 2. The number of nitrogens with zero attached hydrogens (tertiary/aromatic N) is 4. The first-order valence-electron chi connectivity index (χ1n) is 16.1. The lowest BCUT2D eigenvalue weighted by Crippen LogP contribution is -2.51. The molecule has 0 amide bonds. The van der Waals surface area contributed by atoms with Crippen molar-refractivity contribution in [2.45, 2.75) is 89.7 Å². The summed E-state index contributed by atoms with van der Waals surface area (Å²) in [7, 11) is 4.33. The van der Waals surface area contributed by atoms with Crippen LogP contribution < -0.4 is 5.32 Å². The van der Waals surface area contributed by atoms with Gasteiger partial charge >= 0.3 is 5.97 Å². The highest BCUT2D eigenvalue weighted by molar-refractivity contribution is 5.72. The van der Waals surface area contributed by atoms with Crippen LogP contribution in [-0.2, 0) is 15.1 Å². The SMILES string of the molecule is Cc1cc(Nc2cc(C(F)F)ccn2)nc(-c2ccc([C@](C)(O)C3CCC(C(=O)OC[N+](C)(C)C4CCCCC4)CC3)nc2)c1. The first kappa shape index (κ1) is 32.9.